The fourth-order valence-corrected chi connectivity index (χ4v) is 2.11. The van der Waals surface area contributed by atoms with E-state index in [1.54, 1.807) is 7.11 Å². The number of amides is 1. The van der Waals surface area contributed by atoms with Gasteiger partial charge in [-0.2, -0.15) is 0 Å². The Morgan fingerprint density at radius 2 is 1.83 bits per heavy atom. The van der Waals surface area contributed by atoms with Gasteiger partial charge in [0.05, 0.1) is 0 Å². The topological polar surface area (TPSA) is 29.5 Å². The molecule has 3 nitrogen and oxygen atoms in total. The molecule has 0 aliphatic rings. The molecule has 0 aliphatic heterocycles. The lowest BCUT2D eigenvalue weighted by Crippen LogP contribution is -2.30. The van der Waals surface area contributed by atoms with Crippen LogP contribution >= 0.6 is 0 Å². The van der Waals surface area contributed by atoms with E-state index in [9.17, 15) is 4.79 Å². The van der Waals surface area contributed by atoms with Gasteiger partial charge >= 0.3 is 0 Å². The van der Waals surface area contributed by atoms with Crippen molar-refractivity contribution in [1.82, 2.24) is 0 Å². The van der Waals surface area contributed by atoms with Crippen LogP contribution in [0.25, 0.3) is 0 Å². The van der Waals surface area contributed by atoms with E-state index in [1.165, 1.54) is 11.1 Å². The zero-order valence-electron chi connectivity index (χ0n) is 11.8. The van der Waals surface area contributed by atoms with Crippen molar-refractivity contribution in [3.63, 3.8) is 0 Å². The fourth-order valence-electron chi connectivity index (χ4n) is 2.11. The number of anilines is 1. The minimum Gasteiger partial charge on any atom is -0.385 e. The van der Waals surface area contributed by atoms with Crippen molar-refractivity contribution in [1.29, 1.82) is 0 Å². The van der Waals surface area contributed by atoms with E-state index >= 15 is 0 Å². The second-order valence-corrected chi connectivity index (χ2v) is 4.58. The number of methoxy groups -OCH3 is 1. The lowest BCUT2D eigenvalue weighted by atomic mass is 10.1. The van der Waals surface area contributed by atoms with Gasteiger partial charge in [-0.25, -0.2) is 0 Å². The van der Waals surface area contributed by atoms with E-state index in [4.69, 9.17) is 4.74 Å². The average molecular weight is 249 g/mol. The zero-order valence-corrected chi connectivity index (χ0v) is 11.8. The molecule has 1 amide bonds. The van der Waals surface area contributed by atoms with Gasteiger partial charge in [0.2, 0.25) is 5.91 Å². The van der Waals surface area contributed by atoms with Crippen LogP contribution < -0.4 is 4.90 Å². The highest BCUT2D eigenvalue weighted by Crippen LogP contribution is 2.19. The number of ether oxygens (including phenoxy) is 1. The maximum atomic E-state index is 12.1. The van der Waals surface area contributed by atoms with Crippen LogP contribution in [0.15, 0.2) is 18.2 Å². The molecule has 3 heteroatoms. The summed E-state index contributed by atoms with van der Waals surface area (Å²) in [5, 5.41) is 0. The van der Waals surface area contributed by atoms with Gasteiger partial charge in [-0.05, 0) is 50.5 Å². The first-order valence-electron chi connectivity index (χ1n) is 6.46. The van der Waals surface area contributed by atoms with Crippen molar-refractivity contribution < 1.29 is 9.53 Å². The van der Waals surface area contributed by atoms with Gasteiger partial charge in [0.25, 0.3) is 0 Å². The molecule has 0 unspecified atom stereocenters. The number of carbonyl (C=O) groups is 1. The standard InChI is InChI=1S/C15H23NO2/c1-5-16(15(17)7-6-8-18-4)14-10-12(2)9-13(3)11-14/h9-11H,5-8H2,1-4H3. The van der Waals surface area contributed by atoms with Crippen LogP contribution in [0.5, 0.6) is 0 Å². The van der Waals surface area contributed by atoms with Gasteiger partial charge in [0.1, 0.15) is 0 Å². The summed E-state index contributed by atoms with van der Waals surface area (Å²) >= 11 is 0. The lowest BCUT2D eigenvalue weighted by Gasteiger charge is -2.22. The Morgan fingerprint density at radius 1 is 1.22 bits per heavy atom. The number of hydrogen-bond acceptors (Lipinski definition) is 2. The number of nitrogens with zero attached hydrogens (tertiary/aromatic N) is 1. The molecule has 1 rings (SSSR count). The number of rotatable bonds is 6. The molecule has 0 atom stereocenters. The normalized spacial score (nSPS) is 10.4. The van der Waals surface area contributed by atoms with Gasteiger partial charge in [0, 0.05) is 32.4 Å². The molecule has 0 N–H and O–H groups in total. The zero-order chi connectivity index (χ0) is 13.5. The molecule has 1 aromatic rings. The predicted molar refractivity (Wildman–Crippen MR) is 75.1 cm³/mol. The fraction of sp³-hybridized carbons (Fsp3) is 0.533. The van der Waals surface area contributed by atoms with Crippen molar-refractivity contribution in [2.24, 2.45) is 0 Å². The van der Waals surface area contributed by atoms with Crippen molar-refractivity contribution in [2.75, 3.05) is 25.2 Å². The van der Waals surface area contributed by atoms with Crippen molar-refractivity contribution in [3.05, 3.63) is 29.3 Å². The van der Waals surface area contributed by atoms with Crippen LogP contribution in [0, 0.1) is 13.8 Å². The third-order valence-corrected chi connectivity index (χ3v) is 2.87. The first kappa shape index (κ1) is 14.7. The summed E-state index contributed by atoms with van der Waals surface area (Å²) in [6.45, 7) is 7.45. The SMILES string of the molecule is CCN(C(=O)CCCOC)c1cc(C)cc(C)c1. The molecule has 0 aromatic heterocycles. The summed E-state index contributed by atoms with van der Waals surface area (Å²) in [5.41, 5.74) is 3.37. The molecule has 0 heterocycles. The van der Waals surface area contributed by atoms with E-state index in [0.717, 1.165) is 12.1 Å². The van der Waals surface area contributed by atoms with Gasteiger partial charge in [-0.1, -0.05) is 6.07 Å². The van der Waals surface area contributed by atoms with Gasteiger partial charge < -0.3 is 9.64 Å². The highest BCUT2D eigenvalue weighted by Gasteiger charge is 2.13. The maximum Gasteiger partial charge on any atom is 0.227 e. The Balaban J connectivity index is 2.78. The first-order valence-corrected chi connectivity index (χ1v) is 6.46. The van der Waals surface area contributed by atoms with Crippen LogP contribution in [-0.4, -0.2) is 26.2 Å². The Labute approximate surface area is 110 Å². The lowest BCUT2D eigenvalue weighted by molar-refractivity contribution is -0.118. The van der Waals surface area contributed by atoms with Crippen LogP contribution in [0.3, 0.4) is 0 Å². The molecule has 0 saturated carbocycles. The molecular formula is C15H23NO2. The molecule has 0 radical (unpaired) electrons. The maximum absolute atomic E-state index is 12.1. The largest absolute Gasteiger partial charge is 0.385 e. The summed E-state index contributed by atoms with van der Waals surface area (Å²) in [6, 6.07) is 6.24. The second kappa shape index (κ2) is 7.17. The van der Waals surface area contributed by atoms with Gasteiger partial charge in [0.15, 0.2) is 0 Å². The van der Waals surface area contributed by atoms with Crippen LogP contribution in [-0.2, 0) is 9.53 Å². The van der Waals surface area contributed by atoms with E-state index in [0.29, 0.717) is 19.6 Å². The molecular weight excluding hydrogens is 226 g/mol. The third kappa shape index (κ3) is 4.15. The van der Waals surface area contributed by atoms with E-state index in [2.05, 4.69) is 32.0 Å². The smallest absolute Gasteiger partial charge is 0.227 e. The first-order chi connectivity index (χ1) is 8.58. The van der Waals surface area contributed by atoms with Crippen LogP contribution in [0.4, 0.5) is 5.69 Å². The summed E-state index contributed by atoms with van der Waals surface area (Å²) in [5.74, 6) is 0.166. The Kier molecular flexibility index (Phi) is 5.86. The van der Waals surface area contributed by atoms with Crippen LogP contribution in [0.1, 0.15) is 30.9 Å². The summed E-state index contributed by atoms with van der Waals surface area (Å²) in [4.78, 5) is 14.0. The molecule has 0 aliphatic carbocycles. The van der Waals surface area contributed by atoms with E-state index in [1.807, 2.05) is 11.8 Å². The molecule has 100 valence electrons. The van der Waals surface area contributed by atoms with Crippen LogP contribution in [0.2, 0.25) is 0 Å². The molecule has 18 heavy (non-hydrogen) atoms. The second-order valence-electron chi connectivity index (χ2n) is 4.58. The van der Waals surface area contributed by atoms with E-state index in [-0.39, 0.29) is 5.91 Å². The molecule has 0 saturated heterocycles. The summed E-state index contributed by atoms with van der Waals surface area (Å²) in [7, 11) is 1.66. The predicted octanol–water partition coefficient (Wildman–Crippen LogP) is 3.08. The molecule has 0 spiro atoms. The number of aryl methyl sites for hydroxylation is 2. The highest BCUT2D eigenvalue weighted by atomic mass is 16.5. The van der Waals surface area contributed by atoms with E-state index < -0.39 is 0 Å². The minimum absolute atomic E-state index is 0.166. The monoisotopic (exact) mass is 249 g/mol. The highest BCUT2D eigenvalue weighted by molar-refractivity contribution is 5.93. The number of hydrogen-bond donors (Lipinski definition) is 0. The summed E-state index contributed by atoms with van der Waals surface area (Å²) < 4.78 is 4.98. The van der Waals surface area contributed by atoms with Crippen molar-refractivity contribution >= 4 is 11.6 Å². The molecule has 1 aromatic carbocycles. The van der Waals surface area contributed by atoms with Crippen molar-refractivity contribution in [2.45, 2.75) is 33.6 Å². The molecule has 0 fully saturated rings. The Hall–Kier alpha value is -1.35. The number of carbonyl (C=O) groups excluding carboxylic acids is 1. The third-order valence-electron chi connectivity index (χ3n) is 2.87. The van der Waals surface area contributed by atoms with Crippen molar-refractivity contribution in [3.8, 4) is 0 Å². The Morgan fingerprint density at radius 3 is 2.33 bits per heavy atom. The van der Waals surface area contributed by atoms with Gasteiger partial charge in [-0.15, -0.1) is 0 Å². The number of benzene rings is 1. The van der Waals surface area contributed by atoms with Gasteiger partial charge in [-0.3, -0.25) is 4.79 Å². The molecule has 0 bridgehead atoms. The minimum atomic E-state index is 0.166. The Bertz CT molecular complexity index is 381. The quantitative estimate of drug-likeness (QED) is 0.725. The average Bonchev–Trinajstić information content (AvgIpc) is 2.29. The summed E-state index contributed by atoms with van der Waals surface area (Å²) in [6.07, 6.45) is 1.31.